The Morgan fingerprint density at radius 1 is 0.903 bits per heavy atom. The minimum Gasteiger partial charge on any atom is -0.504 e. The maximum absolute atomic E-state index is 9.89. The molecule has 0 amide bonds. The van der Waals surface area contributed by atoms with Gasteiger partial charge in [0.05, 0.1) is 39.6 Å². The van der Waals surface area contributed by atoms with Crippen molar-refractivity contribution in [3.8, 4) is 23.0 Å². The Morgan fingerprint density at radius 2 is 1.48 bits per heavy atom. The van der Waals surface area contributed by atoms with E-state index in [-0.39, 0.29) is 29.8 Å². The van der Waals surface area contributed by atoms with E-state index in [0.29, 0.717) is 31.3 Å². The van der Waals surface area contributed by atoms with Gasteiger partial charge in [-0.1, -0.05) is 17.7 Å². The fourth-order valence-electron chi connectivity index (χ4n) is 4.38. The highest BCUT2D eigenvalue weighted by molar-refractivity contribution is 5.45. The van der Waals surface area contributed by atoms with Crippen molar-refractivity contribution < 1.29 is 28.8 Å². The molecule has 6 nitrogen and oxygen atoms in total. The standard InChI is InChI=1S/C25H30O6/c1-15(2)9-10-29-21-8-6-17(12-23(21)28-4)25-19-14-30-24(18(19)13-31-25)16-5-7-20(26)22(11-16)27-3/h5-9,11-12,18-19,24-26H,10,13-14H2,1-4H3/t18-,19-,24-,25-/m1/s1. The maximum atomic E-state index is 9.89. The van der Waals surface area contributed by atoms with Gasteiger partial charge in [0.25, 0.3) is 0 Å². The first-order valence-electron chi connectivity index (χ1n) is 10.6. The lowest BCUT2D eigenvalue weighted by Crippen LogP contribution is -2.14. The molecule has 31 heavy (non-hydrogen) atoms. The molecule has 1 N–H and O–H groups in total. The maximum Gasteiger partial charge on any atom is 0.161 e. The molecule has 2 saturated heterocycles. The van der Waals surface area contributed by atoms with E-state index in [4.69, 9.17) is 23.7 Å². The first-order valence-corrected chi connectivity index (χ1v) is 10.6. The Balaban J connectivity index is 1.51. The van der Waals surface area contributed by atoms with Gasteiger partial charge in [0.15, 0.2) is 23.0 Å². The predicted octanol–water partition coefficient (Wildman–Crippen LogP) is 4.83. The minimum absolute atomic E-state index is 0.0604. The molecular formula is C25H30O6. The third-order valence-corrected chi connectivity index (χ3v) is 6.04. The average Bonchev–Trinajstić information content (AvgIpc) is 3.36. The van der Waals surface area contributed by atoms with Crippen LogP contribution in [0.15, 0.2) is 48.0 Å². The monoisotopic (exact) mass is 426 g/mol. The predicted molar refractivity (Wildman–Crippen MR) is 117 cm³/mol. The van der Waals surface area contributed by atoms with E-state index in [9.17, 15) is 5.11 Å². The quantitative estimate of drug-likeness (QED) is 0.640. The summed E-state index contributed by atoms with van der Waals surface area (Å²) in [5, 5.41) is 9.89. The Morgan fingerprint density at radius 3 is 2.06 bits per heavy atom. The van der Waals surface area contributed by atoms with Crippen LogP contribution in [0.2, 0.25) is 0 Å². The second-order valence-corrected chi connectivity index (χ2v) is 8.27. The Kier molecular flexibility index (Phi) is 6.39. The SMILES string of the molecule is COc1cc([C@H]2OC[C@@H]3[C@H]2CO[C@@H]3c2ccc(OCC=C(C)C)c(OC)c2)ccc1O. The second-order valence-electron chi connectivity index (χ2n) is 8.27. The third-order valence-electron chi connectivity index (χ3n) is 6.04. The number of aromatic hydroxyl groups is 1. The van der Waals surface area contributed by atoms with Crippen LogP contribution >= 0.6 is 0 Å². The second kappa shape index (κ2) is 9.20. The minimum atomic E-state index is -0.0851. The Hall–Kier alpha value is -2.70. The number of phenols is 1. The zero-order valence-corrected chi connectivity index (χ0v) is 18.5. The van der Waals surface area contributed by atoms with E-state index in [2.05, 4.69) is 0 Å². The normalized spacial score (nSPS) is 24.5. The van der Waals surface area contributed by atoms with Crippen LogP contribution in [0.1, 0.15) is 37.2 Å². The number of fused-ring (bicyclic) bond motifs is 1. The lowest BCUT2D eigenvalue weighted by Gasteiger charge is -2.19. The highest BCUT2D eigenvalue weighted by Gasteiger charge is 2.48. The Labute approximate surface area is 183 Å². The van der Waals surface area contributed by atoms with Crippen molar-refractivity contribution >= 4 is 0 Å². The molecule has 0 saturated carbocycles. The third kappa shape index (κ3) is 4.36. The van der Waals surface area contributed by atoms with E-state index < -0.39 is 0 Å². The fourth-order valence-corrected chi connectivity index (χ4v) is 4.38. The fraction of sp³-hybridized carbons (Fsp3) is 0.440. The smallest absolute Gasteiger partial charge is 0.161 e. The van der Waals surface area contributed by atoms with Crippen molar-refractivity contribution in [1.29, 1.82) is 0 Å². The molecule has 166 valence electrons. The van der Waals surface area contributed by atoms with Crippen molar-refractivity contribution in [2.75, 3.05) is 34.0 Å². The molecule has 6 heteroatoms. The summed E-state index contributed by atoms with van der Waals surface area (Å²) in [6.45, 7) is 5.83. The van der Waals surface area contributed by atoms with Crippen molar-refractivity contribution in [1.82, 2.24) is 0 Å². The number of phenolic OH excluding ortho intramolecular Hbond substituents is 1. The highest BCUT2D eigenvalue weighted by Crippen LogP contribution is 2.51. The molecule has 0 aromatic heterocycles. The summed E-state index contributed by atoms with van der Waals surface area (Å²) in [7, 11) is 3.20. The van der Waals surface area contributed by atoms with Crippen LogP contribution in [0, 0.1) is 11.8 Å². The number of benzene rings is 2. The molecule has 0 radical (unpaired) electrons. The first kappa shape index (κ1) is 21.5. The zero-order valence-electron chi connectivity index (χ0n) is 18.5. The van der Waals surface area contributed by atoms with Gasteiger partial charge in [-0.2, -0.15) is 0 Å². The van der Waals surface area contributed by atoms with Gasteiger partial charge in [-0.3, -0.25) is 0 Å². The van der Waals surface area contributed by atoms with Crippen molar-refractivity contribution in [3.63, 3.8) is 0 Å². The molecule has 4 rings (SSSR count). The van der Waals surface area contributed by atoms with Gasteiger partial charge < -0.3 is 28.8 Å². The summed E-state index contributed by atoms with van der Waals surface area (Å²) in [5.41, 5.74) is 3.27. The average molecular weight is 427 g/mol. The summed E-state index contributed by atoms with van der Waals surface area (Å²) in [6.07, 6.45) is 1.89. The number of rotatable bonds is 7. The highest BCUT2D eigenvalue weighted by atomic mass is 16.5. The number of methoxy groups -OCH3 is 2. The van der Waals surface area contributed by atoms with Crippen LogP contribution in [0.3, 0.4) is 0 Å². The largest absolute Gasteiger partial charge is 0.504 e. The van der Waals surface area contributed by atoms with Gasteiger partial charge in [0.2, 0.25) is 0 Å². The van der Waals surface area contributed by atoms with Crippen LogP contribution in [0.5, 0.6) is 23.0 Å². The van der Waals surface area contributed by atoms with Crippen molar-refractivity contribution in [3.05, 3.63) is 59.2 Å². The van der Waals surface area contributed by atoms with Crippen LogP contribution in [-0.4, -0.2) is 39.1 Å². The first-order chi connectivity index (χ1) is 15.0. The number of ether oxygens (including phenoxy) is 5. The summed E-state index contributed by atoms with van der Waals surface area (Å²) in [4.78, 5) is 0. The molecule has 0 spiro atoms. The molecule has 2 heterocycles. The van der Waals surface area contributed by atoms with E-state index in [1.807, 2.05) is 50.3 Å². The van der Waals surface area contributed by atoms with Gasteiger partial charge in [-0.05, 0) is 55.3 Å². The van der Waals surface area contributed by atoms with Crippen LogP contribution in [0.25, 0.3) is 0 Å². The molecule has 2 fully saturated rings. The molecule has 2 aliphatic rings. The van der Waals surface area contributed by atoms with E-state index in [1.54, 1.807) is 20.3 Å². The van der Waals surface area contributed by atoms with Gasteiger partial charge in [-0.15, -0.1) is 0 Å². The van der Waals surface area contributed by atoms with Crippen molar-refractivity contribution in [2.45, 2.75) is 26.1 Å². The van der Waals surface area contributed by atoms with E-state index >= 15 is 0 Å². The van der Waals surface area contributed by atoms with Gasteiger partial charge >= 0.3 is 0 Å². The van der Waals surface area contributed by atoms with Crippen LogP contribution < -0.4 is 14.2 Å². The topological polar surface area (TPSA) is 66.4 Å². The summed E-state index contributed by atoms with van der Waals surface area (Å²) >= 11 is 0. The van der Waals surface area contributed by atoms with Crippen LogP contribution in [-0.2, 0) is 9.47 Å². The Bertz CT molecular complexity index is 949. The number of allylic oxidation sites excluding steroid dienone is 1. The summed E-state index contributed by atoms with van der Waals surface area (Å²) < 4.78 is 29.1. The summed E-state index contributed by atoms with van der Waals surface area (Å²) in [6, 6.07) is 11.4. The van der Waals surface area contributed by atoms with Crippen LogP contribution in [0.4, 0.5) is 0 Å². The molecule has 0 bridgehead atoms. The molecule has 0 aliphatic carbocycles. The van der Waals surface area contributed by atoms with E-state index in [0.717, 1.165) is 16.9 Å². The molecule has 2 aromatic rings. The lowest BCUT2D eigenvalue weighted by molar-refractivity contribution is 0.0191. The molecular weight excluding hydrogens is 396 g/mol. The van der Waals surface area contributed by atoms with Crippen molar-refractivity contribution in [2.24, 2.45) is 11.8 Å². The van der Waals surface area contributed by atoms with Gasteiger partial charge in [0, 0.05) is 11.8 Å². The summed E-state index contributed by atoms with van der Waals surface area (Å²) in [5.74, 6) is 2.47. The molecule has 2 aliphatic heterocycles. The number of hydrogen-bond acceptors (Lipinski definition) is 6. The molecule has 0 unspecified atom stereocenters. The molecule has 4 atom stereocenters. The number of hydrogen-bond donors (Lipinski definition) is 1. The van der Waals surface area contributed by atoms with Gasteiger partial charge in [0.1, 0.15) is 6.61 Å². The zero-order chi connectivity index (χ0) is 22.0. The van der Waals surface area contributed by atoms with E-state index in [1.165, 1.54) is 5.57 Å². The van der Waals surface area contributed by atoms with Gasteiger partial charge in [-0.25, -0.2) is 0 Å². The lowest BCUT2D eigenvalue weighted by atomic mass is 9.85. The molecule has 2 aromatic carbocycles.